The second-order valence-electron chi connectivity index (χ2n) is 4.09. The van der Waals surface area contributed by atoms with Crippen LogP contribution in [-0.4, -0.2) is 5.91 Å². The molecule has 0 bridgehead atoms. The van der Waals surface area contributed by atoms with Crippen LogP contribution in [0, 0.1) is 0 Å². The minimum Gasteiger partial charge on any atom is -0.321 e. The third kappa shape index (κ3) is 4.39. The van der Waals surface area contributed by atoms with Gasteiger partial charge in [0.25, 0.3) is 0 Å². The Balaban J connectivity index is 2.11. The van der Waals surface area contributed by atoms with Crippen molar-refractivity contribution in [2.45, 2.75) is 0 Å². The fourth-order valence-corrected chi connectivity index (χ4v) is 2.40. The first kappa shape index (κ1) is 16.2. The lowest BCUT2D eigenvalue weighted by Gasteiger charge is -2.05. The molecule has 0 radical (unpaired) electrons. The van der Waals surface area contributed by atoms with Crippen LogP contribution >= 0.6 is 46.4 Å². The van der Waals surface area contributed by atoms with Crippen LogP contribution in [0.5, 0.6) is 0 Å². The quantitative estimate of drug-likeness (QED) is 0.673. The summed E-state index contributed by atoms with van der Waals surface area (Å²) in [6.07, 6.45) is 2.94. The number of carbonyl (C=O) groups excluding carboxylic acids is 1. The molecule has 0 spiro atoms. The Bertz CT molecular complexity index is 713. The Hall–Kier alpha value is -1.19. The molecule has 0 aliphatic heterocycles. The van der Waals surface area contributed by atoms with E-state index >= 15 is 0 Å². The molecule has 2 rings (SSSR count). The average Bonchev–Trinajstić information content (AvgIpc) is 2.43. The molecule has 2 aromatic rings. The summed E-state index contributed by atoms with van der Waals surface area (Å²) in [5.74, 6) is -0.342. The lowest BCUT2D eigenvalue weighted by molar-refractivity contribution is -0.111. The van der Waals surface area contributed by atoms with Crippen molar-refractivity contribution < 1.29 is 4.79 Å². The SMILES string of the molecule is O=C(C=Cc1ccc(Cl)cc1Cl)Nc1cccc(Cl)c1Cl. The molecule has 2 nitrogen and oxygen atoms in total. The van der Waals surface area contributed by atoms with Crippen molar-refractivity contribution in [3.63, 3.8) is 0 Å². The highest BCUT2D eigenvalue weighted by Crippen LogP contribution is 2.29. The summed E-state index contributed by atoms with van der Waals surface area (Å²) < 4.78 is 0. The van der Waals surface area contributed by atoms with Crippen LogP contribution in [0.4, 0.5) is 5.69 Å². The van der Waals surface area contributed by atoms with Gasteiger partial charge >= 0.3 is 0 Å². The summed E-state index contributed by atoms with van der Waals surface area (Å²) in [6, 6.07) is 10.0. The van der Waals surface area contributed by atoms with Gasteiger partial charge in [-0.3, -0.25) is 4.79 Å². The number of halogens is 4. The van der Waals surface area contributed by atoms with Crippen molar-refractivity contribution in [1.29, 1.82) is 0 Å². The molecule has 0 fully saturated rings. The van der Waals surface area contributed by atoms with Gasteiger partial charge in [-0.1, -0.05) is 58.5 Å². The second kappa shape index (κ2) is 7.19. The first-order chi connectivity index (χ1) is 9.97. The molecule has 0 unspecified atom stereocenters. The molecule has 0 atom stereocenters. The molecule has 0 aliphatic rings. The van der Waals surface area contributed by atoms with Gasteiger partial charge in [-0.2, -0.15) is 0 Å². The Morgan fingerprint density at radius 2 is 1.76 bits per heavy atom. The zero-order chi connectivity index (χ0) is 15.4. The molecule has 0 aromatic heterocycles. The van der Waals surface area contributed by atoms with E-state index in [4.69, 9.17) is 46.4 Å². The van der Waals surface area contributed by atoms with E-state index in [1.165, 1.54) is 6.08 Å². The highest BCUT2D eigenvalue weighted by molar-refractivity contribution is 6.44. The van der Waals surface area contributed by atoms with Crippen molar-refractivity contribution in [1.82, 2.24) is 0 Å². The predicted octanol–water partition coefficient (Wildman–Crippen LogP) is 5.95. The summed E-state index contributed by atoms with van der Waals surface area (Å²) in [6.45, 7) is 0. The van der Waals surface area contributed by atoms with E-state index in [2.05, 4.69) is 5.32 Å². The molecule has 0 saturated carbocycles. The Labute approximate surface area is 142 Å². The van der Waals surface area contributed by atoms with E-state index in [-0.39, 0.29) is 5.91 Å². The molecule has 0 saturated heterocycles. The maximum absolute atomic E-state index is 11.9. The topological polar surface area (TPSA) is 29.1 Å². The van der Waals surface area contributed by atoms with E-state index in [0.29, 0.717) is 31.3 Å². The molecular formula is C15H9Cl4NO. The lowest BCUT2D eigenvalue weighted by atomic mass is 10.2. The average molecular weight is 361 g/mol. The molecular weight excluding hydrogens is 352 g/mol. The second-order valence-corrected chi connectivity index (χ2v) is 5.72. The van der Waals surface area contributed by atoms with Crippen LogP contribution < -0.4 is 5.32 Å². The zero-order valence-electron chi connectivity index (χ0n) is 10.5. The summed E-state index contributed by atoms with van der Waals surface area (Å²) in [5.41, 5.74) is 1.13. The molecule has 1 N–H and O–H groups in total. The van der Waals surface area contributed by atoms with Crippen LogP contribution in [0.25, 0.3) is 6.08 Å². The normalized spacial score (nSPS) is 10.9. The van der Waals surface area contributed by atoms with Gasteiger partial charge in [-0.05, 0) is 35.9 Å². The van der Waals surface area contributed by atoms with E-state index in [1.54, 1.807) is 42.5 Å². The Kier molecular flexibility index (Phi) is 5.54. The first-order valence-electron chi connectivity index (χ1n) is 5.85. The number of hydrogen-bond donors (Lipinski definition) is 1. The fraction of sp³-hybridized carbons (Fsp3) is 0. The third-order valence-electron chi connectivity index (χ3n) is 2.59. The number of rotatable bonds is 3. The van der Waals surface area contributed by atoms with Gasteiger partial charge < -0.3 is 5.32 Å². The molecule has 108 valence electrons. The van der Waals surface area contributed by atoms with Crippen molar-refractivity contribution in [3.05, 3.63) is 68.1 Å². The Morgan fingerprint density at radius 3 is 2.48 bits per heavy atom. The van der Waals surface area contributed by atoms with Crippen molar-refractivity contribution in [2.24, 2.45) is 0 Å². The molecule has 0 heterocycles. The first-order valence-corrected chi connectivity index (χ1v) is 7.36. The van der Waals surface area contributed by atoms with Crippen LogP contribution in [0.2, 0.25) is 20.1 Å². The molecule has 1 amide bonds. The maximum Gasteiger partial charge on any atom is 0.248 e. The number of carbonyl (C=O) groups is 1. The molecule has 0 aliphatic carbocycles. The number of hydrogen-bond acceptors (Lipinski definition) is 1. The van der Waals surface area contributed by atoms with Crippen molar-refractivity contribution in [3.8, 4) is 0 Å². The standard InChI is InChI=1S/C15H9Cl4NO/c16-10-6-4-9(12(18)8-10)5-7-14(21)20-13-3-1-2-11(17)15(13)19/h1-8H,(H,20,21). The van der Waals surface area contributed by atoms with Gasteiger partial charge in [-0.25, -0.2) is 0 Å². The van der Waals surface area contributed by atoms with E-state index < -0.39 is 0 Å². The summed E-state index contributed by atoms with van der Waals surface area (Å²) in [7, 11) is 0. The van der Waals surface area contributed by atoms with Gasteiger partial charge in [-0.15, -0.1) is 0 Å². The van der Waals surface area contributed by atoms with Crippen molar-refractivity contribution in [2.75, 3.05) is 5.32 Å². The summed E-state index contributed by atoms with van der Waals surface area (Å²) in [4.78, 5) is 11.9. The molecule has 2 aromatic carbocycles. The Morgan fingerprint density at radius 1 is 1.00 bits per heavy atom. The number of benzene rings is 2. The highest BCUT2D eigenvalue weighted by Gasteiger charge is 2.06. The fourth-order valence-electron chi connectivity index (χ4n) is 1.58. The van der Waals surface area contributed by atoms with Gasteiger partial charge in [0.1, 0.15) is 0 Å². The lowest BCUT2D eigenvalue weighted by Crippen LogP contribution is -2.08. The summed E-state index contributed by atoms with van der Waals surface area (Å²) >= 11 is 23.7. The number of amides is 1. The minimum atomic E-state index is -0.342. The molecule has 6 heteroatoms. The monoisotopic (exact) mass is 359 g/mol. The van der Waals surface area contributed by atoms with Gasteiger partial charge in [0, 0.05) is 16.1 Å². The maximum atomic E-state index is 11.9. The van der Waals surface area contributed by atoms with Gasteiger partial charge in [0.15, 0.2) is 0 Å². The highest BCUT2D eigenvalue weighted by atomic mass is 35.5. The van der Waals surface area contributed by atoms with Gasteiger partial charge in [0.2, 0.25) is 5.91 Å². The third-order valence-corrected chi connectivity index (χ3v) is 3.97. The largest absolute Gasteiger partial charge is 0.321 e. The van der Waals surface area contributed by atoms with E-state index in [1.807, 2.05) is 0 Å². The minimum absolute atomic E-state index is 0.297. The van der Waals surface area contributed by atoms with E-state index in [9.17, 15) is 4.79 Å². The summed E-state index contributed by atoms with van der Waals surface area (Å²) in [5, 5.41) is 4.31. The zero-order valence-corrected chi connectivity index (χ0v) is 13.6. The van der Waals surface area contributed by atoms with Crippen LogP contribution in [-0.2, 0) is 4.79 Å². The van der Waals surface area contributed by atoms with Gasteiger partial charge in [0.05, 0.1) is 15.7 Å². The van der Waals surface area contributed by atoms with Crippen LogP contribution in [0.3, 0.4) is 0 Å². The van der Waals surface area contributed by atoms with Crippen LogP contribution in [0.15, 0.2) is 42.5 Å². The van der Waals surface area contributed by atoms with Crippen LogP contribution in [0.1, 0.15) is 5.56 Å². The number of anilines is 1. The predicted molar refractivity (Wildman–Crippen MR) is 90.6 cm³/mol. The molecule has 21 heavy (non-hydrogen) atoms. The van der Waals surface area contributed by atoms with Crippen molar-refractivity contribution >= 4 is 64.1 Å². The van der Waals surface area contributed by atoms with E-state index in [0.717, 1.165) is 0 Å². The number of nitrogens with one attached hydrogen (secondary N) is 1. The smallest absolute Gasteiger partial charge is 0.248 e.